The fraction of sp³-hybridized carbons (Fsp3) is 0.421. The van der Waals surface area contributed by atoms with E-state index in [0.717, 1.165) is 41.5 Å². The van der Waals surface area contributed by atoms with Crippen LogP contribution in [0.4, 0.5) is 0 Å². The van der Waals surface area contributed by atoms with E-state index in [2.05, 4.69) is 4.98 Å². The zero-order valence-corrected chi connectivity index (χ0v) is 15.3. The van der Waals surface area contributed by atoms with E-state index in [9.17, 15) is 8.42 Å². The highest BCUT2D eigenvalue weighted by Gasteiger charge is 2.35. The van der Waals surface area contributed by atoms with Crippen LogP contribution < -0.4 is 0 Å². The summed E-state index contributed by atoms with van der Waals surface area (Å²) in [7, 11) is -3.52. The van der Waals surface area contributed by atoms with Crippen molar-refractivity contribution in [2.75, 3.05) is 6.54 Å². The van der Waals surface area contributed by atoms with Crippen molar-refractivity contribution in [3.8, 4) is 0 Å². The lowest BCUT2D eigenvalue weighted by atomic mass is 9.99. The molecule has 1 atom stereocenters. The highest BCUT2D eigenvalue weighted by atomic mass is 32.2. The lowest BCUT2D eigenvalue weighted by Crippen LogP contribution is -2.38. The molecule has 24 heavy (non-hydrogen) atoms. The summed E-state index contributed by atoms with van der Waals surface area (Å²) in [4.78, 5) is 4.60. The molecule has 3 rings (SSSR count). The summed E-state index contributed by atoms with van der Waals surface area (Å²) >= 11 is 0. The summed E-state index contributed by atoms with van der Waals surface area (Å²) in [5, 5.41) is 0. The fourth-order valence-electron chi connectivity index (χ4n) is 3.44. The first-order valence-corrected chi connectivity index (χ1v) is 9.85. The van der Waals surface area contributed by atoms with Gasteiger partial charge in [0.25, 0.3) is 0 Å². The van der Waals surface area contributed by atoms with Gasteiger partial charge in [0.05, 0.1) is 10.9 Å². The zero-order valence-electron chi connectivity index (χ0n) is 14.5. The second-order valence-electron chi connectivity index (χ2n) is 6.54. The van der Waals surface area contributed by atoms with Gasteiger partial charge in [0.1, 0.15) is 0 Å². The summed E-state index contributed by atoms with van der Waals surface area (Å²) < 4.78 is 28.4. The molecule has 0 unspecified atom stereocenters. The molecule has 5 heteroatoms. The Kier molecular flexibility index (Phi) is 4.74. The van der Waals surface area contributed by atoms with Gasteiger partial charge in [0.2, 0.25) is 10.0 Å². The van der Waals surface area contributed by atoms with E-state index in [-0.39, 0.29) is 6.04 Å². The summed E-state index contributed by atoms with van der Waals surface area (Å²) in [6.07, 6.45) is 6.29. The van der Waals surface area contributed by atoms with Crippen LogP contribution in [0.15, 0.2) is 41.6 Å². The van der Waals surface area contributed by atoms with E-state index in [1.165, 1.54) is 0 Å². The maximum absolute atomic E-state index is 13.4. The average molecular weight is 344 g/mol. The van der Waals surface area contributed by atoms with Crippen LogP contribution in [-0.2, 0) is 10.0 Å². The van der Waals surface area contributed by atoms with Gasteiger partial charge in [-0.15, -0.1) is 0 Å². The average Bonchev–Trinajstić information content (AvgIpc) is 2.60. The first kappa shape index (κ1) is 17.1. The Morgan fingerprint density at radius 3 is 2.58 bits per heavy atom. The standard InChI is InChI=1S/C19H24N2O2S/c1-14-9-10-19(16(3)15(14)2)24(22,23)21-12-5-4-8-18(21)17-7-6-11-20-13-17/h6-7,9-11,13,18H,4-5,8,12H2,1-3H3/t18-/m0/s1. The van der Waals surface area contributed by atoms with Gasteiger partial charge in [-0.2, -0.15) is 4.31 Å². The number of sulfonamides is 1. The summed E-state index contributed by atoms with van der Waals surface area (Å²) in [5.74, 6) is 0. The molecule has 1 aromatic heterocycles. The largest absolute Gasteiger partial charge is 0.264 e. The van der Waals surface area contributed by atoms with Gasteiger partial charge in [-0.3, -0.25) is 4.98 Å². The molecule has 2 heterocycles. The van der Waals surface area contributed by atoms with Crippen LogP contribution in [0.3, 0.4) is 0 Å². The topological polar surface area (TPSA) is 50.3 Å². The third-order valence-corrected chi connectivity index (χ3v) is 7.17. The molecular formula is C19H24N2O2S. The van der Waals surface area contributed by atoms with Gasteiger partial charge >= 0.3 is 0 Å². The van der Waals surface area contributed by atoms with E-state index in [0.29, 0.717) is 11.4 Å². The van der Waals surface area contributed by atoms with Gasteiger partial charge in [-0.05, 0) is 68.0 Å². The highest BCUT2D eigenvalue weighted by Crippen LogP contribution is 2.36. The Morgan fingerprint density at radius 1 is 1.08 bits per heavy atom. The van der Waals surface area contributed by atoms with Crippen molar-refractivity contribution >= 4 is 10.0 Å². The van der Waals surface area contributed by atoms with E-state index in [1.807, 2.05) is 39.0 Å². The molecule has 2 aromatic rings. The number of aromatic nitrogens is 1. The van der Waals surface area contributed by atoms with Crippen LogP contribution in [0, 0.1) is 20.8 Å². The predicted molar refractivity (Wildman–Crippen MR) is 95.4 cm³/mol. The maximum Gasteiger partial charge on any atom is 0.243 e. The number of aryl methyl sites for hydroxylation is 1. The van der Waals surface area contributed by atoms with E-state index >= 15 is 0 Å². The lowest BCUT2D eigenvalue weighted by molar-refractivity contribution is 0.255. The van der Waals surface area contributed by atoms with Crippen LogP contribution in [0.25, 0.3) is 0 Å². The Morgan fingerprint density at radius 2 is 1.88 bits per heavy atom. The molecule has 1 aliphatic rings. The van der Waals surface area contributed by atoms with Crippen LogP contribution in [0.2, 0.25) is 0 Å². The van der Waals surface area contributed by atoms with Crippen LogP contribution in [0.1, 0.15) is 47.6 Å². The Balaban J connectivity index is 2.06. The molecule has 1 aromatic carbocycles. The molecule has 0 spiro atoms. The molecular weight excluding hydrogens is 320 g/mol. The molecule has 0 aliphatic carbocycles. The first-order chi connectivity index (χ1) is 11.4. The van der Waals surface area contributed by atoms with Crippen molar-refractivity contribution in [1.82, 2.24) is 9.29 Å². The Bertz CT molecular complexity index is 832. The molecule has 0 amide bonds. The van der Waals surface area contributed by atoms with Crippen LogP contribution in [0.5, 0.6) is 0 Å². The van der Waals surface area contributed by atoms with Crippen molar-refractivity contribution in [3.63, 3.8) is 0 Å². The number of benzene rings is 1. The Hall–Kier alpha value is -1.72. The van der Waals surface area contributed by atoms with Gasteiger partial charge in [-0.1, -0.05) is 18.6 Å². The van der Waals surface area contributed by atoms with Crippen LogP contribution >= 0.6 is 0 Å². The van der Waals surface area contributed by atoms with E-state index < -0.39 is 10.0 Å². The Labute approximate surface area is 144 Å². The molecule has 4 nitrogen and oxygen atoms in total. The third-order valence-electron chi connectivity index (χ3n) is 5.12. The van der Waals surface area contributed by atoms with Gasteiger partial charge in [0.15, 0.2) is 0 Å². The number of piperidine rings is 1. The van der Waals surface area contributed by atoms with Crippen LogP contribution in [-0.4, -0.2) is 24.3 Å². The van der Waals surface area contributed by atoms with E-state index in [4.69, 9.17) is 0 Å². The second-order valence-corrected chi connectivity index (χ2v) is 8.40. The number of hydrogen-bond donors (Lipinski definition) is 0. The van der Waals surface area contributed by atoms with Gasteiger partial charge in [-0.25, -0.2) is 8.42 Å². The molecule has 0 radical (unpaired) electrons. The number of pyridine rings is 1. The van der Waals surface area contributed by atoms with Crippen molar-refractivity contribution in [1.29, 1.82) is 0 Å². The minimum absolute atomic E-state index is 0.126. The minimum Gasteiger partial charge on any atom is -0.264 e. The van der Waals surface area contributed by atoms with Gasteiger partial charge < -0.3 is 0 Å². The number of hydrogen-bond acceptors (Lipinski definition) is 3. The van der Waals surface area contributed by atoms with Gasteiger partial charge in [0, 0.05) is 18.9 Å². The molecule has 0 saturated carbocycles. The summed E-state index contributed by atoms with van der Waals surface area (Å²) in [5.41, 5.74) is 3.99. The lowest BCUT2D eigenvalue weighted by Gasteiger charge is -2.35. The van der Waals surface area contributed by atoms with Crippen molar-refractivity contribution in [3.05, 3.63) is 58.9 Å². The quantitative estimate of drug-likeness (QED) is 0.848. The normalized spacial score (nSPS) is 19.4. The van der Waals surface area contributed by atoms with Crippen molar-refractivity contribution in [2.45, 2.75) is 51.0 Å². The number of rotatable bonds is 3. The minimum atomic E-state index is -3.52. The number of nitrogens with zero attached hydrogens (tertiary/aromatic N) is 2. The highest BCUT2D eigenvalue weighted by molar-refractivity contribution is 7.89. The van der Waals surface area contributed by atoms with Crippen molar-refractivity contribution < 1.29 is 8.42 Å². The maximum atomic E-state index is 13.4. The molecule has 1 aliphatic heterocycles. The second kappa shape index (κ2) is 6.65. The molecule has 0 N–H and O–H groups in total. The molecule has 1 fully saturated rings. The smallest absolute Gasteiger partial charge is 0.243 e. The van der Waals surface area contributed by atoms with Crippen molar-refractivity contribution in [2.24, 2.45) is 0 Å². The van der Waals surface area contributed by atoms with E-state index in [1.54, 1.807) is 22.8 Å². The summed E-state index contributed by atoms with van der Waals surface area (Å²) in [6, 6.07) is 7.37. The zero-order chi connectivity index (χ0) is 17.3. The monoisotopic (exact) mass is 344 g/mol. The SMILES string of the molecule is Cc1ccc(S(=O)(=O)N2CCCC[C@H]2c2cccnc2)c(C)c1C. The third kappa shape index (κ3) is 2.98. The first-order valence-electron chi connectivity index (χ1n) is 8.41. The molecule has 128 valence electrons. The fourth-order valence-corrected chi connectivity index (χ4v) is 5.40. The molecule has 1 saturated heterocycles. The summed E-state index contributed by atoms with van der Waals surface area (Å²) in [6.45, 7) is 6.46. The molecule has 0 bridgehead atoms. The predicted octanol–water partition coefficient (Wildman–Crippen LogP) is 3.92.